The first kappa shape index (κ1) is 12.9. The van der Waals surface area contributed by atoms with Crippen LogP contribution in [0.2, 0.25) is 0 Å². The van der Waals surface area contributed by atoms with E-state index in [9.17, 15) is 5.11 Å². The summed E-state index contributed by atoms with van der Waals surface area (Å²) in [6.45, 7) is 3.33. The summed E-state index contributed by atoms with van der Waals surface area (Å²) in [6.07, 6.45) is 5.80. The average molecular weight is 261 g/mol. The Balaban J connectivity index is 1.59. The van der Waals surface area contributed by atoms with Gasteiger partial charge < -0.3 is 9.84 Å². The fraction of sp³-hybridized carbons (Fsp3) is 0.625. The molecule has 19 heavy (non-hydrogen) atoms. The van der Waals surface area contributed by atoms with Crippen LogP contribution in [-0.2, 0) is 12.8 Å². The van der Waals surface area contributed by atoms with E-state index in [1.54, 1.807) is 0 Å². The van der Waals surface area contributed by atoms with Gasteiger partial charge in [0.05, 0.1) is 13.2 Å². The lowest BCUT2D eigenvalue weighted by Crippen LogP contribution is -2.42. The van der Waals surface area contributed by atoms with Crippen LogP contribution in [0.3, 0.4) is 0 Å². The summed E-state index contributed by atoms with van der Waals surface area (Å²) in [5.41, 5.74) is 2.75. The Bertz CT molecular complexity index is 433. The number of benzene rings is 1. The standard InChI is InChI=1S/C16H23NO2/c18-12-15-3-1-2-8-17(15)9-6-13-4-5-16-14(11-13)7-10-19-16/h4-5,11,15,18H,1-3,6-10,12H2. The van der Waals surface area contributed by atoms with E-state index in [-0.39, 0.29) is 0 Å². The van der Waals surface area contributed by atoms with Crippen LogP contribution in [0.25, 0.3) is 0 Å². The van der Waals surface area contributed by atoms with Crippen molar-refractivity contribution in [1.29, 1.82) is 0 Å². The molecule has 0 saturated carbocycles. The normalized spacial score (nSPS) is 23.1. The van der Waals surface area contributed by atoms with Gasteiger partial charge in [-0.1, -0.05) is 18.6 Å². The maximum atomic E-state index is 9.43. The highest BCUT2D eigenvalue weighted by atomic mass is 16.5. The minimum Gasteiger partial charge on any atom is -0.493 e. The van der Waals surface area contributed by atoms with Gasteiger partial charge in [-0.15, -0.1) is 0 Å². The van der Waals surface area contributed by atoms with Gasteiger partial charge in [-0.3, -0.25) is 4.90 Å². The number of aliphatic hydroxyl groups excluding tert-OH is 1. The topological polar surface area (TPSA) is 32.7 Å². The van der Waals surface area contributed by atoms with Crippen LogP contribution in [0.4, 0.5) is 0 Å². The molecule has 2 heterocycles. The summed E-state index contributed by atoms with van der Waals surface area (Å²) in [4.78, 5) is 2.45. The molecule has 0 aliphatic carbocycles. The molecule has 1 N–H and O–H groups in total. The summed E-state index contributed by atoms with van der Waals surface area (Å²) in [5.74, 6) is 1.06. The van der Waals surface area contributed by atoms with Crippen molar-refractivity contribution in [2.75, 3.05) is 26.3 Å². The van der Waals surface area contributed by atoms with Gasteiger partial charge in [-0.25, -0.2) is 0 Å². The van der Waals surface area contributed by atoms with Crippen LogP contribution in [0.1, 0.15) is 30.4 Å². The van der Waals surface area contributed by atoms with Crippen molar-refractivity contribution in [2.24, 2.45) is 0 Å². The van der Waals surface area contributed by atoms with Crippen molar-refractivity contribution in [3.63, 3.8) is 0 Å². The second-order valence-corrected chi connectivity index (χ2v) is 5.66. The molecular formula is C16H23NO2. The number of nitrogens with zero attached hydrogens (tertiary/aromatic N) is 1. The first-order valence-electron chi connectivity index (χ1n) is 7.46. The lowest BCUT2D eigenvalue weighted by molar-refractivity contribution is 0.0913. The van der Waals surface area contributed by atoms with Crippen molar-refractivity contribution in [1.82, 2.24) is 4.90 Å². The monoisotopic (exact) mass is 261 g/mol. The van der Waals surface area contributed by atoms with E-state index < -0.39 is 0 Å². The highest BCUT2D eigenvalue weighted by Gasteiger charge is 2.21. The predicted octanol–water partition coefficient (Wildman–Crippen LogP) is 2.01. The Hall–Kier alpha value is -1.06. The smallest absolute Gasteiger partial charge is 0.122 e. The van der Waals surface area contributed by atoms with Crippen molar-refractivity contribution in [3.8, 4) is 5.75 Å². The van der Waals surface area contributed by atoms with Crippen LogP contribution in [0.5, 0.6) is 5.75 Å². The molecule has 2 aliphatic rings. The molecule has 0 bridgehead atoms. The Morgan fingerprint density at radius 3 is 3.16 bits per heavy atom. The maximum Gasteiger partial charge on any atom is 0.122 e. The largest absolute Gasteiger partial charge is 0.493 e. The van der Waals surface area contributed by atoms with Crippen molar-refractivity contribution >= 4 is 0 Å². The van der Waals surface area contributed by atoms with Crippen molar-refractivity contribution in [2.45, 2.75) is 38.1 Å². The SMILES string of the molecule is OCC1CCCCN1CCc1ccc2c(c1)CCO2. The third kappa shape index (κ3) is 2.93. The summed E-state index contributed by atoms with van der Waals surface area (Å²) in [7, 11) is 0. The second-order valence-electron chi connectivity index (χ2n) is 5.66. The molecule has 0 aromatic heterocycles. The fourth-order valence-corrected chi connectivity index (χ4v) is 3.23. The highest BCUT2D eigenvalue weighted by molar-refractivity contribution is 5.39. The molecule has 1 saturated heterocycles. The molecule has 2 aliphatic heterocycles. The average Bonchev–Trinajstić information content (AvgIpc) is 2.93. The molecule has 3 heteroatoms. The van der Waals surface area contributed by atoms with E-state index in [4.69, 9.17) is 4.74 Å². The van der Waals surface area contributed by atoms with Crippen molar-refractivity contribution < 1.29 is 9.84 Å². The lowest BCUT2D eigenvalue weighted by Gasteiger charge is -2.34. The zero-order valence-corrected chi connectivity index (χ0v) is 11.5. The first-order chi connectivity index (χ1) is 9.36. The van der Waals surface area contributed by atoms with Gasteiger partial charge in [0, 0.05) is 19.0 Å². The maximum absolute atomic E-state index is 9.43. The summed E-state index contributed by atoms with van der Waals surface area (Å²) >= 11 is 0. The van der Waals surface area contributed by atoms with Gasteiger partial charge in [0.25, 0.3) is 0 Å². The molecule has 1 aromatic carbocycles. The molecule has 0 amide bonds. The zero-order valence-electron chi connectivity index (χ0n) is 11.5. The predicted molar refractivity (Wildman–Crippen MR) is 75.6 cm³/mol. The molecular weight excluding hydrogens is 238 g/mol. The number of fused-ring (bicyclic) bond motifs is 1. The minimum absolute atomic E-state index is 0.304. The number of aliphatic hydroxyl groups is 1. The minimum atomic E-state index is 0.304. The van der Waals surface area contributed by atoms with Gasteiger partial charge in [0.15, 0.2) is 0 Å². The molecule has 3 nitrogen and oxygen atoms in total. The number of likely N-dealkylation sites (tertiary alicyclic amines) is 1. The molecule has 1 aromatic rings. The highest BCUT2D eigenvalue weighted by Crippen LogP contribution is 2.26. The zero-order chi connectivity index (χ0) is 13.1. The van der Waals surface area contributed by atoms with Crippen LogP contribution in [-0.4, -0.2) is 42.4 Å². The van der Waals surface area contributed by atoms with Crippen LogP contribution < -0.4 is 4.74 Å². The van der Waals surface area contributed by atoms with E-state index in [0.717, 1.165) is 44.7 Å². The van der Waals surface area contributed by atoms with Gasteiger partial charge in [-0.2, -0.15) is 0 Å². The van der Waals surface area contributed by atoms with Gasteiger partial charge in [-0.05, 0) is 43.0 Å². The number of hydrogen-bond acceptors (Lipinski definition) is 3. The van der Waals surface area contributed by atoms with E-state index in [0.29, 0.717) is 12.6 Å². The summed E-state index contributed by atoms with van der Waals surface area (Å²) < 4.78 is 5.54. The molecule has 0 spiro atoms. The molecule has 1 unspecified atom stereocenters. The number of ether oxygens (including phenoxy) is 1. The molecule has 1 atom stereocenters. The summed E-state index contributed by atoms with van der Waals surface area (Å²) in [5, 5.41) is 9.43. The third-order valence-corrected chi connectivity index (χ3v) is 4.40. The lowest BCUT2D eigenvalue weighted by atomic mass is 10.0. The quantitative estimate of drug-likeness (QED) is 0.900. The van der Waals surface area contributed by atoms with Gasteiger partial charge in [0.1, 0.15) is 5.75 Å². The van der Waals surface area contributed by atoms with Crippen LogP contribution in [0, 0.1) is 0 Å². The Morgan fingerprint density at radius 1 is 1.32 bits per heavy atom. The van der Waals surface area contributed by atoms with Gasteiger partial charge in [0.2, 0.25) is 0 Å². The Labute approximate surface area is 115 Å². The molecule has 3 rings (SSSR count). The number of rotatable bonds is 4. The van der Waals surface area contributed by atoms with Crippen LogP contribution in [0.15, 0.2) is 18.2 Å². The molecule has 104 valence electrons. The molecule has 0 radical (unpaired) electrons. The Morgan fingerprint density at radius 2 is 2.26 bits per heavy atom. The van der Waals surface area contributed by atoms with E-state index in [2.05, 4.69) is 23.1 Å². The van der Waals surface area contributed by atoms with E-state index in [1.165, 1.54) is 24.0 Å². The third-order valence-electron chi connectivity index (χ3n) is 4.40. The van der Waals surface area contributed by atoms with E-state index >= 15 is 0 Å². The van der Waals surface area contributed by atoms with Gasteiger partial charge >= 0.3 is 0 Å². The summed E-state index contributed by atoms with van der Waals surface area (Å²) in [6, 6.07) is 6.96. The Kier molecular flexibility index (Phi) is 4.04. The van der Waals surface area contributed by atoms with E-state index in [1.807, 2.05) is 0 Å². The number of hydrogen-bond donors (Lipinski definition) is 1. The second kappa shape index (κ2) is 5.93. The fourth-order valence-electron chi connectivity index (χ4n) is 3.23. The van der Waals surface area contributed by atoms with Crippen LogP contribution >= 0.6 is 0 Å². The number of piperidine rings is 1. The molecule has 1 fully saturated rings. The van der Waals surface area contributed by atoms with Crippen molar-refractivity contribution in [3.05, 3.63) is 29.3 Å². The first-order valence-corrected chi connectivity index (χ1v) is 7.46.